The summed E-state index contributed by atoms with van der Waals surface area (Å²) in [5.41, 5.74) is 0. The first-order valence-corrected chi connectivity index (χ1v) is 6.76. The summed E-state index contributed by atoms with van der Waals surface area (Å²) in [6.45, 7) is 3.61. The maximum Gasteiger partial charge on any atom is 0.00796 e. The number of rotatable bonds is 5. The largest absolute Gasteiger partial charge is 0.317 e. The Hall–Kier alpha value is 0.270. The van der Waals surface area contributed by atoms with Crippen LogP contribution in [0.15, 0.2) is 0 Å². The Balaban J connectivity index is 1.98. The van der Waals surface area contributed by atoms with Gasteiger partial charge in [0.2, 0.25) is 0 Å². The zero-order valence-electron chi connectivity index (χ0n) is 8.64. The molecule has 0 spiro atoms. The van der Waals surface area contributed by atoms with Gasteiger partial charge in [-0.2, -0.15) is 11.8 Å². The lowest BCUT2D eigenvalue weighted by molar-refractivity contribution is 0.470. The van der Waals surface area contributed by atoms with Crippen molar-refractivity contribution in [2.45, 2.75) is 31.7 Å². The minimum absolute atomic E-state index is 0.775. The van der Waals surface area contributed by atoms with Crippen molar-refractivity contribution in [1.29, 1.82) is 0 Å². The van der Waals surface area contributed by atoms with Gasteiger partial charge in [0.05, 0.1) is 0 Å². The van der Waals surface area contributed by atoms with E-state index in [1.54, 1.807) is 0 Å². The molecule has 1 fully saturated rings. The highest BCUT2D eigenvalue weighted by Gasteiger charge is 2.09. The molecule has 0 aliphatic carbocycles. The van der Waals surface area contributed by atoms with E-state index in [1.807, 2.05) is 11.8 Å². The SMILES string of the molecule is CSCCCNC1CCCNCC1. The zero-order valence-corrected chi connectivity index (χ0v) is 9.46. The maximum atomic E-state index is 3.64. The smallest absolute Gasteiger partial charge is 0.00796 e. The Bertz CT molecular complexity index is 111. The molecule has 0 aromatic rings. The number of hydrogen-bond donors (Lipinski definition) is 2. The molecule has 0 radical (unpaired) electrons. The lowest BCUT2D eigenvalue weighted by Gasteiger charge is -2.15. The molecule has 1 unspecified atom stereocenters. The molecule has 2 N–H and O–H groups in total. The molecule has 2 nitrogen and oxygen atoms in total. The van der Waals surface area contributed by atoms with Crippen LogP contribution in [0.1, 0.15) is 25.7 Å². The second-order valence-electron chi connectivity index (χ2n) is 3.68. The fourth-order valence-electron chi connectivity index (χ4n) is 1.75. The molecule has 13 heavy (non-hydrogen) atoms. The van der Waals surface area contributed by atoms with Gasteiger partial charge in [0, 0.05) is 6.04 Å². The van der Waals surface area contributed by atoms with Crippen molar-refractivity contribution >= 4 is 11.8 Å². The molecule has 0 aromatic heterocycles. The number of thioether (sulfide) groups is 1. The molecule has 0 amide bonds. The highest BCUT2D eigenvalue weighted by Crippen LogP contribution is 2.05. The Morgan fingerprint density at radius 1 is 1.38 bits per heavy atom. The minimum atomic E-state index is 0.775. The van der Waals surface area contributed by atoms with Crippen LogP contribution in [-0.2, 0) is 0 Å². The highest BCUT2D eigenvalue weighted by molar-refractivity contribution is 7.98. The molecule has 0 aromatic carbocycles. The summed E-state index contributed by atoms with van der Waals surface area (Å²) >= 11 is 1.94. The van der Waals surface area contributed by atoms with Crippen LogP contribution in [0.4, 0.5) is 0 Å². The fourth-order valence-corrected chi connectivity index (χ4v) is 2.18. The van der Waals surface area contributed by atoms with E-state index in [-0.39, 0.29) is 0 Å². The van der Waals surface area contributed by atoms with Gasteiger partial charge in [0.25, 0.3) is 0 Å². The predicted molar refractivity (Wildman–Crippen MR) is 61.5 cm³/mol. The first-order valence-electron chi connectivity index (χ1n) is 5.36. The van der Waals surface area contributed by atoms with Gasteiger partial charge in [-0.15, -0.1) is 0 Å². The average Bonchev–Trinajstić information content (AvgIpc) is 2.41. The van der Waals surface area contributed by atoms with Crippen LogP contribution < -0.4 is 10.6 Å². The van der Waals surface area contributed by atoms with Crippen molar-refractivity contribution in [3.8, 4) is 0 Å². The topological polar surface area (TPSA) is 24.1 Å². The minimum Gasteiger partial charge on any atom is -0.317 e. The molecule has 1 saturated heterocycles. The number of hydrogen-bond acceptors (Lipinski definition) is 3. The Morgan fingerprint density at radius 3 is 3.15 bits per heavy atom. The standard InChI is InChI=1S/C10H22N2S/c1-13-9-3-7-12-10-4-2-6-11-8-5-10/h10-12H,2-9H2,1H3. The molecule has 1 aliphatic heterocycles. The van der Waals surface area contributed by atoms with Gasteiger partial charge >= 0.3 is 0 Å². The van der Waals surface area contributed by atoms with Gasteiger partial charge in [0.15, 0.2) is 0 Å². The summed E-state index contributed by atoms with van der Waals surface area (Å²) in [4.78, 5) is 0. The van der Waals surface area contributed by atoms with E-state index in [2.05, 4.69) is 16.9 Å². The van der Waals surface area contributed by atoms with E-state index >= 15 is 0 Å². The van der Waals surface area contributed by atoms with Crippen molar-refractivity contribution in [1.82, 2.24) is 10.6 Å². The summed E-state index contributed by atoms with van der Waals surface area (Å²) in [6.07, 6.45) is 7.48. The molecular formula is C10H22N2S. The van der Waals surface area contributed by atoms with Gasteiger partial charge in [-0.25, -0.2) is 0 Å². The van der Waals surface area contributed by atoms with Gasteiger partial charge in [-0.3, -0.25) is 0 Å². The lowest BCUT2D eigenvalue weighted by atomic mass is 10.1. The summed E-state index contributed by atoms with van der Waals surface area (Å²) in [7, 11) is 0. The van der Waals surface area contributed by atoms with Gasteiger partial charge in [0.1, 0.15) is 0 Å². The maximum absolute atomic E-state index is 3.64. The molecule has 1 atom stereocenters. The molecular weight excluding hydrogens is 180 g/mol. The normalized spacial score (nSPS) is 24.2. The number of nitrogens with one attached hydrogen (secondary N) is 2. The molecule has 78 valence electrons. The van der Waals surface area contributed by atoms with E-state index in [0.717, 1.165) is 6.04 Å². The quantitative estimate of drug-likeness (QED) is 0.660. The van der Waals surface area contributed by atoms with Crippen molar-refractivity contribution in [2.75, 3.05) is 31.6 Å². The third-order valence-electron chi connectivity index (χ3n) is 2.53. The van der Waals surface area contributed by atoms with Crippen molar-refractivity contribution in [2.24, 2.45) is 0 Å². The van der Waals surface area contributed by atoms with E-state index in [9.17, 15) is 0 Å². The van der Waals surface area contributed by atoms with E-state index in [1.165, 1.54) is 51.1 Å². The monoisotopic (exact) mass is 202 g/mol. The van der Waals surface area contributed by atoms with Crippen LogP contribution in [-0.4, -0.2) is 37.7 Å². The van der Waals surface area contributed by atoms with Gasteiger partial charge in [-0.05, 0) is 57.3 Å². The molecule has 3 heteroatoms. The van der Waals surface area contributed by atoms with Gasteiger partial charge in [-0.1, -0.05) is 0 Å². The van der Waals surface area contributed by atoms with Crippen molar-refractivity contribution < 1.29 is 0 Å². The zero-order chi connectivity index (χ0) is 9.36. The Kier molecular flexibility index (Phi) is 6.68. The third-order valence-corrected chi connectivity index (χ3v) is 3.23. The fraction of sp³-hybridized carbons (Fsp3) is 1.00. The van der Waals surface area contributed by atoms with Crippen molar-refractivity contribution in [3.63, 3.8) is 0 Å². The van der Waals surface area contributed by atoms with E-state index in [4.69, 9.17) is 0 Å². The Labute approximate surface area is 86.2 Å². The second kappa shape index (κ2) is 7.65. The molecule has 1 aliphatic rings. The predicted octanol–water partition coefficient (Wildman–Crippen LogP) is 1.47. The first-order chi connectivity index (χ1) is 6.43. The first kappa shape index (κ1) is 11.3. The summed E-state index contributed by atoms with van der Waals surface area (Å²) < 4.78 is 0. The van der Waals surface area contributed by atoms with Crippen LogP contribution in [0.3, 0.4) is 0 Å². The van der Waals surface area contributed by atoms with E-state index < -0.39 is 0 Å². The summed E-state index contributed by atoms with van der Waals surface area (Å²) in [6, 6.07) is 0.775. The third kappa shape index (κ3) is 5.55. The van der Waals surface area contributed by atoms with Crippen LogP contribution in [0.25, 0.3) is 0 Å². The average molecular weight is 202 g/mol. The van der Waals surface area contributed by atoms with E-state index in [0.29, 0.717) is 0 Å². The van der Waals surface area contributed by atoms with Crippen molar-refractivity contribution in [3.05, 3.63) is 0 Å². The lowest BCUT2D eigenvalue weighted by Crippen LogP contribution is -2.30. The highest BCUT2D eigenvalue weighted by atomic mass is 32.2. The second-order valence-corrected chi connectivity index (χ2v) is 4.66. The molecule has 0 bridgehead atoms. The summed E-state index contributed by atoms with van der Waals surface area (Å²) in [5, 5.41) is 7.08. The van der Waals surface area contributed by atoms with Crippen LogP contribution in [0.5, 0.6) is 0 Å². The molecule has 1 rings (SSSR count). The van der Waals surface area contributed by atoms with Crippen LogP contribution in [0.2, 0.25) is 0 Å². The summed E-state index contributed by atoms with van der Waals surface area (Å²) in [5.74, 6) is 1.29. The molecule has 0 saturated carbocycles. The van der Waals surface area contributed by atoms with Gasteiger partial charge < -0.3 is 10.6 Å². The van der Waals surface area contributed by atoms with Crippen LogP contribution in [0, 0.1) is 0 Å². The van der Waals surface area contributed by atoms with Crippen LogP contribution >= 0.6 is 11.8 Å². The molecule has 1 heterocycles. The Morgan fingerprint density at radius 2 is 2.31 bits per heavy atom.